The molecule has 1 saturated heterocycles. The second kappa shape index (κ2) is 7.99. The van der Waals surface area contributed by atoms with Gasteiger partial charge in [0.1, 0.15) is 5.75 Å². The van der Waals surface area contributed by atoms with E-state index in [9.17, 15) is 4.79 Å². The average Bonchev–Trinajstić information content (AvgIpc) is 2.52. The molecule has 1 aromatic carbocycles. The second-order valence-corrected chi connectivity index (χ2v) is 5.86. The molecule has 120 valence electrons. The predicted octanol–water partition coefficient (Wildman–Crippen LogP) is 3.17. The Morgan fingerprint density at radius 3 is 3.00 bits per heavy atom. The zero-order chi connectivity index (χ0) is 15.9. The molecule has 1 aliphatic rings. The Kier molecular flexibility index (Phi) is 6.01. The number of carbonyl (C=O) groups excluding carboxylic acids is 1. The van der Waals surface area contributed by atoms with E-state index >= 15 is 0 Å². The first-order valence-corrected chi connectivity index (χ1v) is 7.86. The topological polar surface area (TPSA) is 38.8 Å². The van der Waals surface area contributed by atoms with Crippen LogP contribution in [-0.2, 0) is 16.1 Å². The van der Waals surface area contributed by atoms with E-state index < -0.39 is 0 Å². The van der Waals surface area contributed by atoms with Gasteiger partial charge < -0.3 is 14.4 Å². The van der Waals surface area contributed by atoms with Crippen molar-refractivity contribution in [2.24, 2.45) is 0 Å². The molecule has 0 spiro atoms. The molecule has 2 rings (SSSR count). The van der Waals surface area contributed by atoms with E-state index in [1.165, 1.54) is 6.08 Å². The zero-order valence-electron chi connectivity index (χ0n) is 13.5. The summed E-state index contributed by atoms with van der Waals surface area (Å²) >= 11 is 0. The minimum absolute atomic E-state index is 0.0503. The first kappa shape index (κ1) is 16.6. The summed E-state index contributed by atoms with van der Waals surface area (Å²) < 4.78 is 11.2. The van der Waals surface area contributed by atoms with Gasteiger partial charge in [0.15, 0.2) is 0 Å². The van der Waals surface area contributed by atoms with Crippen LogP contribution in [0.5, 0.6) is 5.75 Å². The van der Waals surface area contributed by atoms with Gasteiger partial charge in [0, 0.05) is 13.2 Å². The number of hydrogen-bond donors (Lipinski definition) is 0. The Morgan fingerprint density at radius 2 is 2.36 bits per heavy atom. The van der Waals surface area contributed by atoms with Crippen molar-refractivity contribution < 1.29 is 14.3 Å². The number of rotatable bonds is 6. The molecule has 1 aliphatic heterocycles. The monoisotopic (exact) mass is 303 g/mol. The molecule has 4 heteroatoms. The maximum Gasteiger partial charge on any atom is 0.246 e. The van der Waals surface area contributed by atoms with Gasteiger partial charge in [-0.05, 0) is 50.5 Å². The van der Waals surface area contributed by atoms with Crippen molar-refractivity contribution >= 4 is 5.91 Å². The third-order valence-corrected chi connectivity index (χ3v) is 3.66. The van der Waals surface area contributed by atoms with Gasteiger partial charge in [-0.3, -0.25) is 4.79 Å². The lowest BCUT2D eigenvalue weighted by Crippen LogP contribution is -2.43. The minimum atomic E-state index is -0.0503. The van der Waals surface area contributed by atoms with Gasteiger partial charge in [0.05, 0.1) is 18.8 Å². The number of hydrogen-bond acceptors (Lipinski definition) is 3. The zero-order valence-corrected chi connectivity index (χ0v) is 13.5. The summed E-state index contributed by atoms with van der Waals surface area (Å²) in [5, 5.41) is 0. The summed E-state index contributed by atoms with van der Waals surface area (Å²) in [6, 6.07) is 8.02. The third kappa shape index (κ3) is 4.60. The molecule has 0 bridgehead atoms. The van der Waals surface area contributed by atoms with E-state index in [-0.39, 0.29) is 18.1 Å². The summed E-state index contributed by atoms with van der Waals surface area (Å²) in [4.78, 5) is 14.0. The van der Waals surface area contributed by atoms with Crippen LogP contribution in [0, 0.1) is 0 Å². The molecule has 1 amide bonds. The molecule has 1 fully saturated rings. The van der Waals surface area contributed by atoms with Gasteiger partial charge in [-0.15, -0.1) is 0 Å². The van der Waals surface area contributed by atoms with Gasteiger partial charge in [-0.2, -0.15) is 0 Å². The van der Waals surface area contributed by atoms with Crippen molar-refractivity contribution in [1.82, 2.24) is 4.90 Å². The molecule has 0 N–H and O–H groups in total. The summed E-state index contributed by atoms with van der Waals surface area (Å²) in [5.41, 5.74) is 1.05. The molecule has 0 aromatic heterocycles. The molecule has 4 nitrogen and oxygen atoms in total. The Bertz CT molecular complexity index is 507. The smallest absolute Gasteiger partial charge is 0.246 e. The summed E-state index contributed by atoms with van der Waals surface area (Å²) in [6.45, 7) is 9.55. The van der Waals surface area contributed by atoms with Crippen LogP contribution < -0.4 is 4.74 Å². The van der Waals surface area contributed by atoms with Crippen LogP contribution in [-0.4, -0.2) is 36.2 Å². The molecule has 1 aromatic rings. The van der Waals surface area contributed by atoms with Crippen molar-refractivity contribution in [3.8, 4) is 5.75 Å². The number of carbonyl (C=O) groups is 1. The lowest BCUT2D eigenvalue weighted by Gasteiger charge is -2.33. The SMILES string of the molecule is C=CC(=O)N(Cc1cccc(OC(C)C)c1)C1CCCOC1. The van der Waals surface area contributed by atoms with Crippen LogP contribution in [0.25, 0.3) is 0 Å². The van der Waals surface area contributed by atoms with E-state index in [0.717, 1.165) is 30.8 Å². The first-order chi connectivity index (χ1) is 10.6. The summed E-state index contributed by atoms with van der Waals surface area (Å²) in [6.07, 6.45) is 3.47. The van der Waals surface area contributed by atoms with Crippen molar-refractivity contribution in [2.75, 3.05) is 13.2 Å². The van der Waals surface area contributed by atoms with Crippen molar-refractivity contribution in [2.45, 2.75) is 45.4 Å². The fourth-order valence-corrected chi connectivity index (χ4v) is 2.66. The van der Waals surface area contributed by atoms with E-state index in [4.69, 9.17) is 9.47 Å². The molecule has 1 heterocycles. The summed E-state index contributed by atoms with van der Waals surface area (Å²) in [5.74, 6) is 0.782. The predicted molar refractivity (Wildman–Crippen MR) is 86.8 cm³/mol. The standard InChI is InChI=1S/C18H25NO3/c1-4-18(20)19(16-8-6-10-21-13-16)12-15-7-5-9-17(11-15)22-14(2)3/h4-5,7,9,11,14,16H,1,6,8,10,12-13H2,2-3H3. The number of nitrogens with zero attached hydrogens (tertiary/aromatic N) is 1. The fourth-order valence-electron chi connectivity index (χ4n) is 2.66. The van der Waals surface area contributed by atoms with Gasteiger partial charge >= 0.3 is 0 Å². The Morgan fingerprint density at radius 1 is 1.55 bits per heavy atom. The maximum atomic E-state index is 12.2. The minimum Gasteiger partial charge on any atom is -0.491 e. The van der Waals surface area contributed by atoms with Crippen molar-refractivity contribution in [3.05, 3.63) is 42.5 Å². The van der Waals surface area contributed by atoms with Crippen molar-refractivity contribution in [3.63, 3.8) is 0 Å². The summed E-state index contributed by atoms with van der Waals surface area (Å²) in [7, 11) is 0. The molecule has 0 radical (unpaired) electrons. The van der Waals surface area contributed by atoms with Gasteiger partial charge in [0.2, 0.25) is 5.91 Å². The van der Waals surface area contributed by atoms with Gasteiger partial charge in [-0.1, -0.05) is 18.7 Å². The highest BCUT2D eigenvalue weighted by molar-refractivity contribution is 5.87. The van der Waals surface area contributed by atoms with E-state index in [1.807, 2.05) is 43.0 Å². The number of amides is 1. The van der Waals surface area contributed by atoms with Gasteiger partial charge in [0.25, 0.3) is 0 Å². The molecule has 1 atom stereocenters. The highest BCUT2D eigenvalue weighted by Crippen LogP contribution is 2.20. The van der Waals surface area contributed by atoms with E-state index in [2.05, 4.69) is 6.58 Å². The van der Waals surface area contributed by atoms with Crippen LogP contribution in [0.1, 0.15) is 32.3 Å². The van der Waals surface area contributed by atoms with E-state index in [1.54, 1.807) is 0 Å². The van der Waals surface area contributed by atoms with Crippen LogP contribution in [0.3, 0.4) is 0 Å². The van der Waals surface area contributed by atoms with Crippen molar-refractivity contribution in [1.29, 1.82) is 0 Å². The third-order valence-electron chi connectivity index (χ3n) is 3.66. The molecule has 22 heavy (non-hydrogen) atoms. The van der Waals surface area contributed by atoms with E-state index in [0.29, 0.717) is 13.2 Å². The second-order valence-electron chi connectivity index (χ2n) is 5.86. The molecule has 0 aliphatic carbocycles. The molecular formula is C18H25NO3. The number of benzene rings is 1. The van der Waals surface area contributed by atoms with Crippen LogP contribution >= 0.6 is 0 Å². The highest BCUT2D eigenvalue weighted by atomic mass is 16.5. The first-order valence-electron chi connectivity index (χ1n) is 7.86. The maximum absolute atomic E-state index is 12.2. The lowest BCUT2D eigenvalue weighted by atomic mass is 10.1. The highest BCUT2D eigenvalue weighted by Gasteiger charge is 2.24. The quantitative estimate of drug-likeness (QED) is 0.758. The normalized spacial score (nSPS) is 18.0. The molecule has 0 saturated carbocycles. The molecular weight excluding hydrogens is 278 g/mol. The number of ether oxygens (including phenoxy) is 2. The van der Waals surface area contributed by atoms with Crippen LogP contribution in [0.4, 0.5) is 0 Å². The lowest BCUT2D eigenvalue weighted by molar-refractivity contribution is -0.131. The largest absolute Gasteiger partial charge is 0.491 e. The molecule has 1 unspecified atom stereocenters. The van der Waals surface area contributed by atoms with Crippen LogP contribution in [0.2, 0.25) is 0 Å². The fraction of sp³-hybridized carbons (Fsp3) is 0.500. The average molecular weight is 303 g/mol. The van der Waals surface area contributed by atoms with Crippen LogP contribution in [0.15, 0.2) is 36.9 Å². The van der Waals surface area contributed by atoms with Gasteiger partial charge in [-0.25, -0.2) is 0 Å². The Balaban J connectivity index is 2.12. The Hall–Kier alpha value is -1.81. The Labute approximate surface area is 132 Å².